The quantitative estimate of drug-likeness (QED) is 0.879. The first-order valence-electron chi connectivity index (χ1n) is 6.48. The molecule has 0 saturated carbocycles. The topological polar surface area (TPSA) is 36.1 Å². The minimum atomic E-state index is 0.110. The van der Waals surface area contributed by atoms with Crippen LogP contribution in [-0.2, 0) is 0 Å². The standard InChI is InChI=1S/C15H20N2O/c1-4-5-10-17(3)15(18)14-11(2)16-13-9-7-6-8-12(13)14/h6-9,16H,4-5,10H2,1-3H3. The van der Waals surface area contributed by atoms with E-state index in [1.54, 1.807) is 0 Å². The van der Waals surface area contributed by atoms with Crippen LogP contribution in [0.1, 0.15) is 35.8 Å². The number of para-hydroxylation sites is 1. The third-order valence-corrected chi connectivity index (χ3v) is 3.30. The van der Waals surface area contributed by atoms with E-state index in [2.05, 4.69) is 11.9 Å². The Labute approximate surface area is 108 Å². The fraction of sp³-hybridized carbons (Fsp3) is 0.400. The van der Waals surface area contributed by atoms with Gasteiger partial charge in [0.2, 0.25) is 0 Å². The van der Waals surface area contributed by atoms with E-state index in [-0.39, 0.29) is 5.91 Å². The van der Waals surface area contributed by atoms with Crippen LogP contribution >= 0.6 is 0 Å². The Morgan fingerprint density at radius 3 is 2.78 bits per heavy atom. The number of hydrogen-bond acceptors (Lipinski definition) is 1. The van der Waals surface area contributed by atoms with E-state index in [1.165, 1.54) is 0 Å². The van der Waals surface area contributed by atoms with Crippen molar-refractivity contribution in [2.24, 2.45) is 0 Å². The van der Waals surface area contributed by atoms with E-state index in [9.17, 15) is 4.79 Å². The smallest absolute Gasteiger partial charge is 0.256 e. The van der Waals surface area contributed by atoms with Gasteiger partial charge in [-0.2, -0.15) is 0 Å². The molecular weight excluding hydrogens is 224 g/mol. The Morgan fingerprint density at radius 1 is 1.33 bits per heavy atom. The Morgan fingerprint density at radius 2 is 2.06 bits per heavy atom. The van der Waals surface area contributed by atoms with E-state index in [4.69, 9.17) is 0 Å². The molecule has 1 aromatic carbocycles. The van der Waals surface area contributed by atoms with E-state index < -0.39 is 0 Å². The fourth-order valence-corrected chi connectivity index (χ4v) is 2.24. The Bertz CT molecular complexity index is 557. The summed E-state index contributed by atoms with van der Waals surface area (Å²) in [5.41, 5.74) is 2.79. The maximum Gasteiger partial charge on any atom is 0.256 e. The fourth-order valence-electron chi connectivity index (χ4n) is 2.24. The molecule has 1 amide bonds. The first-order chi connectivity index (χ1) is 8.65. The lowest BCUT2D eigenvalue weighted by atomic mass is 10.1. The molecule has 0 atom stereocenters. The number of benzene rings is 1. The highest BCUT2D eigenvalue weighted by Gasteiger charge is 2.18. The molecule has 0 bridgehead atoms. The normalized spacial score (nSPS) is 10.8. The number of hydrogen-bond donors (Lipinski definition) is 1. The molecular formula is C15H20N2O. The minimum Gasteiger partial charge on any atom is -0.358 e. The molecule has 18 heavy (non-hydrogen) atoms. The summed E-state index contributed by atoms with van der Waals surface area (Å²) in [6, 6.07) is 7.96. The molecule has 0 spiro atoms. The number of aromatic amines is 1. The highest BCUT2D eigenvalue weighted by molar-refractivity contribution is 6.07. The van der Waals surface area contributed by atoms with Crippen LogP contribution in [0.25, 0.3) is 10.9 Å². The number of carbonyl (C=O) groups excluding carboxylic acids is 1. The summed E-state index contributed by atoms with van der Waals surface area (Å²) in [5.74, 6) is 0.110. The second-order valence-corrected chi connectivity index (χ2v) is 4.75. The van der Waals surface area contributed by atoms with Crippen molar-refractivity contribution in [1.29, 1.82) is 0 Å². The van der Waals surface area contributed by atoms with Gasteiger partial charge < -0.3 is 9.88 Å². The number of amides is 1. The second-order valence-electron chi connectivity index (χ2n) is 4.75. The van der Waals surface area contributed by atoms with Gasteiger partial charge in [-0.05, 0) is 19.4 Å². The van der Waals surface area contributed by atoms with E-state index >= 15 is 0 Å². The SMILES string of the molecule is CCCCN(C)C(=O)c1c(C)[nH]c2ccccc12. The van der Waals surface area contributed by atoms with Gasteiger partial charge in [0.1, 0.15) is 0 Å². The van der Waals surface area contributed by atoms with Gasteiger partial charge >= 0.3 is 0 Å². The number of nitrogens with zero attached hydrogens (tertiary/aromatic N) is 1. The molecule has 0 fully saturated rings. The molecule has 1 N–H and O–H groups in total. The van der Waals surface area contributed by atoms with Gasteiger partial charge in [0.25, 0.3) is 5.91 Å². The number of carbonyl (C=O) groups is 1. The number of H-pyrrole nitrogens is 1. The van der Waals surface area contributed by atoms with Crippen LogP contribution in [0.2, 0.25) is 0 Å². The van der Waals surface area contributed by atoms with E-state index in [0.29, 0.717) is 0 Å². The molecule has 0 aliphatic heterocycles. The van der Waals surface area contributed by atoms with E-state index in [0.717, 1.165) is 41.5 Å². The van der Waals surface area contributed by atoms with Crippen LogP contribution in [0.15, 0.2) is 24.3 Å². The van der Waals surface area contributed by atoms with Crippen LogP contribution in [0, 0.1) is 6.92 Å². The van der Waals surface area contributed by atoms with Crippen LogP contribution in [0.4, 0.5) is 0 Å². The summed E-state index contributed by atoms with van der Waals surface area (Å²) in [6.45, 7) is 4.91. The van der Waals surface area contributed by atoms with Crippen LogP contribution in [0.5, 0.6) is 0 Å². The second kappa shape index (κ2) is 5.25. The van der Waals surface area contributed by atoms with Crippen LogP contribution < -0.4 is 0 Å². The van der Waals surface area contributed by atoms with Gasteiger partial charge in [-0.1, -0.05) is 31.5 Å². The number of nitrogens with one attached hydrogen (secondary N) is 1. The van der Waals surface area contributed by atoms with Crippen molar-refractivity contribution in [2.75, 3.05) is 13.6 Å². The summed E-state index contributed by atoms with van der Waals surface area (Å²) in [4.78, 5) is 17.5. The zero-order valence-corrected chi connectivity index (χ0v) is 11.3. The highest BCUT2D eigenvalue weighted by atomic mass is 16.2. The summed E-state index contributed by atoms with van der Waals surface area (Å²) < 4.78 is 0. The first-order valence-corrected chi connectivity index (χ1v) is 6.48. The lowest BCUT2D eigenvalue weighted by molar-refractivity contribution is 0.0794. The van der Waals surface area contributed by atoms with Crippen molar-refractivity contribution >= 4 is 16.8 Å². The monoisotopic (exact) mass is 244 g/mol. The molecule has 2 aromatic rings. The third-order valence-electron chi connectivity index (χ3n) is 3.30. The Balaban J connectivity index is 2.35. The Kier molecular flexibility index (Phi) is 3.70. The van der Waals surface area contributed by atoms with Crippen molar-refractivity contribution in [3.05, 3.63) is 35.5 Å². The molecule has 0 unspecified atom stereocenters. The molecule has 0 radical (unpaired) electrons. The minimum absolute atomic E-state index is 0.110. The molecule has 2 rings (SSSR count). The van der Waals surface area contributed by atoms with Crippen molar-refractivity contribution in [3.63, 3.8) is 0 Å². The third kappa shape index (κ3) is 2.26. The average molecular weight is 244 g/mol. The highest BCUT2D eigenvalue weighted by Crippen LogP contribution is 2.23. The zero-order valence-electron chi connectivity index (χ0n) is 11.3. The summed E-state index contributed by atoms with van der Waals surface area (Å²) in [7, 11) is 1.87. The van der Waals surface area contributed by atoms with Gasteiger partial charge in [0, 0.05) is 30.2 Å². The number of aromatic nitrogens is 1. The molecule has 0 aliphatic carbocycles. The molecule has 3 heteroatoms. The van der Waals surface area contributed by atoms with Crippen LogP contribution in [0.3, 0.4) is 0 Å². The van der Waals surface area contributed by atoms with Gasteiger partial charge in [-0.25, -0.2) is 0 Å². The lowest BCUT2D eigenvalue weighted by Crippen LogP contribution is -2.28. The van der Waals surface area contributed by atoms with Gasteiger partial charge in [0.15, 0.2) is 0 Å². The summed E-state index contributed by atoms with van der Waals surface area (Å²) in [5, 5.41) is 1.02. The largest absolute Gasteiger partial charge is 0.358 e. The van der Waals surface area contributed by atoms with Crippen LogP contribution in [-0.4, -0.2) is 29.4 Å². The maximum absolute atomic E-state index is 12.5. The van der Waals surface area contributed by atoms with Gasteiger partial charge in [-0.3, -0.25) is 4.79 Å². The lowest BCUT2D eigenvalue weighted by Gasteiger charge is -2.16. The maximum atomic E-state index is 12.5. The van der Waals surface area contributed by atoms with Crippen molar-refractivity contribution in [3.8, 4) is 0 Å². The summed E-state index contributed by atoms with van der Waals surface area (Å²) >= 11 is 0. The van der Waals surface area contributed by atoms with Crippen molar-refractivity contribution < 1.29 is 4.79 Å². The summed E-state index contributed by atoms with van der Waals surface area (Å²) in [6.07, 6.45) is 2.15. The molecule has 0 aliphatic rings. The molecule has 1 heterocycles. The van der Waals surface area contributed by atoms with Gasteiger partial charge in [0.05, 0.1) is 5.56 Å². The zero-order chi connectivity index (χ0) is 13.1. The predicted molar refractivity (Wildman–Crippen MR) is 74.9 cm³/mol. The van der Waals surface area contributed by atoms with E-state index in [1.807, 2.05) is 43.1 Å². The number of aryl methyl sites for hydroxylation is 1. The molecule has 0 saturated heterocycles. The molecule has 1 aromatic heterocycles. The first kappa shape index (κ1) is 12.7. The van der Waals surface area contributed by atoms with Crippen molar-refractivity contribution in [1.82, 2.24) is 9.88 Å². The number of unbranched alkanes of at least 4 members (excludes halogenated alkanes) is 1. The number of rotatable bonds is 4. The molecule has 3 nitrogen and oxygen atoms in total. The van der Waals surface area contributed by atoms with Crippen molar-refractivity contribution in [2.45, 2.75) is 26.7 Å². The van der Waals surface area contributed by atoms with Gasteiger partial charge in [-0.15, -0.1) is 0 Å². The molecule has 96 valence electrons. The number of fused-ring (bicyclic) bond motifs is 1. The Hall–Kier alpha value is -1.77. The predicted octanol–water partition coefficient (Wildman–Crippen LogP) is 3.35. The average Bonchev–Trinajstić information content (AvgIpc) is 2.70.